The van der Waals surface area contributed by atoms with E-state index in [0.717, 1.165) is 43.5 Å². The van der Waals surface area contributed by atoms with Crippen molar-refractivity contribution in [2.45, 2.75) is 38.2 Å². The standard InChI is InChI=1S/C23H29NO2/c1-17(19-8-4-2-5-9-19)22(25)21(16-18-12-14-24-15-13-18)23(26)20-10-6-3-7-11-20/h2-11,17-18,21,23-24,26H,12-16H2,1H3/t17-,21?,23?/m0/s1. The quantitative estimate of drug-likeness (QED) is 0.790. The summed E-state index contributed by atoms with van der Waals surface area (Å²) in [5.74, 6) is 0.0644. The Hall–Kier alpha value is -1.97. The maximum absolute atomic E-state index is 13.4. The molecule has 2 unspecified atom stereocenters. The fourth-order valence-corrected chi connectivity index (χ4v) is 3.99. The minimum atomic E-state index is -0.746. The Kier molecular flexibility index (Phi) is 6.59. The van der Waals surface area contributed by atoms with Crippen LogP contribution >= 0.6 is 0 Å². The number of piperidine rings is 1. The number of rotatable bonds is 7. The van der Waals surface area contributed by atoms with Crippen molar-refractivity contribution in [1.29, 1.82) is 0 Å². The molecule has 0 aromatic heterocycles. The Morgan fingerprint density at radius 2 is 1.54 bits per heavy atom. The fourth-order valence-electron chi connectivity index (χ4n) is 3.99. The van der Waals surface area contributed by atoms with E-state index < -0.39 is 6.10 Å². The van der Waals surface area contributed by atoms with Crippen LogP contribution in [0.5, 0.6) is 0 Å². The molecule has 2 N–H and O–H groups in total. The number of hydrogen-bond acceptors (Lipinski definition) is 3. The molecule has 26 heavy (non-hydrogen) atoms. The van der Waals surface area contributed by atoms with Crippen molar-refractivity contribution in [2.24, 2.45) is 11.8 Å². The van der Waals surface area contributed by atoms with E-state index in [0.29, 0.717) is 5.92 Å². The molecule has 2 aromatic rings. The van der Waals surface area contributed by atoms with Gasteiger partial charge in [0.1, 0.15) is 5.78 Å². The summed E-state index contributed by atoms with van der Waals surface area (Å²) in [5, 5.41) is 14.4. The van der Waals surface area contributed by atoms with Crippen LogP contribution in [0, 0.1) is 11.8 Å². The highest BCUT2D eigenvalue weighted by molar-refractivity contribution is 5.88. The first-order valence-electron chi connectivity index (χ1n) is 9.69. The molecule has 1 aliphatic heterocycles. The summed E-state index contributed by atoms with van der Waals surface area (Å²) >= 11 is 0. The lowest BCUT2D eigenvalue weighted by atomic mass is 9.77. The second-order valence-electron chi connectivity index (χ2n) is 7.43. The molecule has 0 saturated carbocycles. The maximum Gasteiger partial charge on any atom is 0.146 e. The van der Waals surface area contributed by atoms with Crippen LogP contribution in [0.4, 0.5) is 0 Å². The summed E-state index contributed by atoms with van der Waals surface area (Å²) in [4.78, 5) is 13.4. The zero-order valence-corrected chi connectivity index (χ0v) is 15.5. The van der Waals surface area contributed by atoms with Gasteiger partial charge in [0.2, 0.25) is 0 Å². The van der Waals surface area contributed by atoms with E-state index in [9.17, 15) is 9.90 Å². The van der Waals surface area contributed by atoms with Crippen LogP contribution in [-0.2, 0) is 4.79 Å². The lowest BCUT2D eigenvalue weighted by Crippen LogP contribution is -2.33. The third-order valence-corrected chi connectivity index (χ3v) is 5.66. The Balaban J connectivity index is 1.82. The molecule has 1 fully saturated rings. The number of Topliss-reactive ketones (excluding diaryl/α,β-unsaturated/α-hetero) is 1. The van der Waals surface area contributed by atoms with Gasteiger partial charge in [0.25, 0.3) is 0 Å². The molecule has 0 radical (unpaired) electrons. The Morgan fingerprint density at radius 1 is 1.00 bits per heavy atom. The molecule has 3 heteroatoms. The van der Waals surface area contributed by atoms with Gasteiger partial charge in [0.05, 0.1) is 6.10 Å². The van der Waals surface area contributed by atoms with Crippen molar-refractivity contribution in [1.82, 2.24) is 5.32 Å². The summed E-state index contributed by atoms with van der Waals surface area (Å²) in [7, 11) is 0. The molecular formula is C23H29NO2. The maximum atomic E-state index is 13.4. The van der Waals surface area contributed by atoms with Crippen molar-refractivity contribution in [3.05, 3.63) is 71.8 Å². The number of carbonyl (C=O) groups is 1. The van der Waals surface area contributed by atoms with Gasteiger partial charge >= 0.3 is 0 Å². The van der Waals surface area contributed by atoms with E-state index >= 15 is 0 Å². The average molecular weight is 351 g/mol. The molecule has 0 aliphatic carbocycles. The predicted molar refractivity (Wildman–Crippen MR) is 105 cm³/mol. The molecule has 0 amide bonds. The molecule has 3 atom stereocenters. The zero-order valence-electron chi connectivity index (χ0n) is 15.5. The first kappa shape index (κ1) is 18.8. The van der Waals surface area contributed by atoms with Gasteiger partial charge in [-0.25, -0.2) is 0 Å². The van der Waals surface area contributed by atoms with Crippen molar-refractivity contribution < 1.29 is 9.90 Å². The van der Waals surface area contributed by atoms with E-state index in [4.69, 9.17) is 0 Å². The van der Waals surface area contributed by atoms with Gasteiger partial charge in [-0.1, -0.05) is 67.6 Å². The van der Waals surface area contributed by atoms with Gasteiger partial charge in [-0.05, 0) is 49.4 Å². The van der Waals surface area contributed by atoms with Crippen molar-refractivity contribution in [2.75, 3.05) is 13.1 Å². The lowest BCUT2D eigenvalue weighted by molar-refractivity contribution is -0.128. The summed E-state index contributed by atoms with van der Waals surface area (Å²) in [5.41, 5.74) is 1.85. The van der Waals surface area contributed by atoms with Crippen molar-refractivity contribution in [3.63, 3.8) is 0 Å². The number of nitrogens with one attached hydrogen (secondary N) is 1. The van der Waals surface area contributed by atoms with Crippen LogP contribution in [0.15, 0.2) is 60.7 Å². The largest absolute Gasteiger partial charge is 0.388 e. The number of aliphatic hydroxyl groups is 1. The normalized spacial score (nSPS) is 18.8. The summed E-state index contributed by atoms with van der Waals surface area (Å²) in [6.07, 6.45) is 2.16. The minimum absolute atomic E-state index is 0.145. The van der Waals surface area contributed by atoms with Crippen LogP contribution in [0.1, 0.15) is 49.3 Å². The number of ketones is 1. The Morgan fingerprint density at radius 3 is 2.12 bits per heavy atom. The smallest absolute Gasteiger partial charge is 0.146 e. The molecule has 1 saturated heterocycles. The molecule has 138 valence electrons. The second kappa shape index (κ2) is 9.11. The van der Waals surface area contributed by atoms with Gasteiger partial charge in [-0.2, -0.15) is 0 Å². The van der Waals surface area contributed by atoms with Gasteiger partial charge < -0.3 is 10.4 Å². The number of carbonyl (C=O) groups excluding carboxylic acids is 1. The lowest BCUT2D eigenvalue weighted by Gasteiger charge is -2.31. The van der Waals surface area contributed by atoms with Gasteiger partial charge in [0, 0.05) is 11.8 Å². The summed E-state index contributed by atoms with van der Waals surface area (Å²) in [6.45, 7) is 3.97. The molecule has 0 spiro atoms. The van der Waals surface area contributed by atoms with E-state index in [1.54, 1.807) is 0 Å². The highest BCUT2D eigenvalue weighted by Crippen LogP contribution is 2.35. The zero-order chi connectivity index (χ0) is 18.4. The van der Waals surface area contributed by atoms with Crippen LogP contribution in [-0.4, -0.2) is 24.0 Å². The molecule has 0 bridgehead atoms. The van der Waals surface area contributed by atoms with Gasteiger partial charge in [-0.3, -0.25) is 4.79 Å². The number of hydrogen-bond donors (Lipinski definition) is 2. The third kappa shape index (κ3) is 4.60. The topological polar surface area (TPSA) is 49.3 Å². The van der Waals surface area contributed by atoms with Crippen molar-refractivity contribution >= 4 is 5.78 Å². The Bertz CT molecular complexity index is 680. The molecule has 3 rings (SSSR count). The molecule has 1 aliphatic rings. The van der Waals surface area contributed by atoms with Gasteiger partial charge in [-0.15, -0.1) is 0 Å². The SMILES string of the molecule is C[C@H](C(=O)C(CC1CCNCC1)C(O)c1ccccc1)c1ccccc1. The molecule has 1 heterocycles. The van der Waals surface area contributed by atoms with E-state index in [-0.39, 0.29) is 17.6 Å². The van der Waals surface area contributed by atoms with Gasteiger partial charge in [0.15, 0.2) is 0 Å². The van der Waals surface area contributed by atoms with Crippen LogP contribution < -0.4 is 5.32 Å². The predicted octanol–water partition coefficient (Wildman–Crippen LogP) is 4.10. The number of benzene rings is 2. The van der Waals surface area contributed by atoms with E-state index in [1.807, 2.05) is 67.6 Å². The van der Waals surface area contributed by atoms with Crippen LogP contribution in [0.3, 0.4) is 0 Å². The highest BCUT2D eigenvalue weighted by atomic mass is 16.3. The van der Waals surface area contributed by atoms with Crippen LogP contribution in [0.25, 0.3) is 0 Å². The summed E-state index contributed by atoms with van der Waals surface area (Å²) in [6, 6.07) is 19.5. The minimum Gasteiger partial charge on any atom is -0.388 e. The second-order valence-corrected chi connectivity index (χ2v) is 7.43. The first-order valence-corrected chi connectivity index (χ1v) is 9.69. The van der Waals surface area contributed by atoms with Crippen molar-refractivity contribution in [3.8, 4) is 0 Å². The number of aliphatic hydroxyl groups excluding tert-OH is 1. The molecule has 2 aromatic carbocycles. The molecule has 3 nitrogen and oxygen atoms in total. The highest BCUT2D eigenvalue weighted by Gasteiger charge is 2.34. The van der Waals surface area contributed by atoms with Crippen LogP contribution in [0.2, 0.25) is 0 Å². The third-order valence-electron chi connectivity index (χ3n) is 5.66. The fraction of sp³-hybridized carbons (Fsp3) is 0.435. The average Bonchev–Trinajstić information content (AvgIpc) is 2.72. The first-order chi connectivity index (χ1) is 12.7. The van der Waals surface area contributed by atoms with E-state index in [2.05, 4.69) is 5.32 Å². The Labute approximate surface area is 156 Å². The summed E-state index contributed by atoms with van der Waals surface area (Å²) < 4.78 is 0. The molecular weight excluding hydrogens is 322 g/mol. The monoisotopic (exact) mass is 351 g/mol. The van der Waals surface area contributed by atoms with E-state index in [1.165, 1.54) is 0 Å².